The van der Waals surface area contributed by atoms with Crippen LogP contribution in [0.4, 0.5) is 5.82 Å². The van der Waals surface area contributed by atoms with E-state index in [9.17, 15) is 29.6 Å². The van der Waals surface area contributed by atoms with Crippen molar-refractivity contribution >= 4 is 30.9 Å². The Hall–Kier alpha value is -3.16. The lowest BCUT2D eigenvalue weighted by Gasteiger charge is -2.33. The highest BCUT2D eigenvalue weighted by molar-refractivity contribution is 7.54. The van der Waals surface area contributed by atoms with Gasteiger partial charge in [-0.15, -0.1) is 0 Å². The molecule has 3 heterocycles. The lowest BCUT2D eigenvalue weighted by atomic mass is 9.80. The number of ether oxygens (including phenoxy) is 3. The van der Waals surface area contributed by atoms with Crippen LogP contribution in [0.15, 0.2) is 18.5 Å². The number of nitrogens with one attached hydrogen (secondary N) is 2. The van der Waals surface area contributed by atoms with Gasteiger partial charge >= 0.3 is 19.6 Å². The van der Waals surface area contributed by atoms with Crippen molar-refractivity contribution in [3.8, 4) is 6.07 Å². The van der Waals surface area contributed by atoms with E-state index in [-0.39, 0.29) is 24.7 Å². The lowest BCUT2D eigenvalue weighted by Crippen LogP contribution is -2.52. The molecule has 0 aliphatic carbocycles. The van der Waals surface area contributed by atoms with Crippen molar-refractivity contribution in [1.82, 2.24) is 24.8 Å². The predicted octanol–water partition coefficient (Wildman–Crippen LogP) is 1.80. The number of carbonyl (C=O) groups excluding carboxylic acids is 2. The Kier molecular flexibility index (Phi) is 11.0. The van der Waals surface area contributed by atoms with Crippen LogP contribution in [-0.4, -0.2) is 86.5 Å². The van der Waals surface area contributed by atoms with Crippen LogP contribution in [0.25, 0.3) is 5.52 Å². The average molecular weight is 668 g/mol. The molecule has 3 rings (SSSR count). The first-order chi connectivity index (χ1) is 21.1. The van der Waals surface area contributed by atoms with Gasteiger partial charge in [0.2, 0.25) is 5.60 Å². The molecule has 0 saturated carbocycles. The molecule has 0 unspecified atom stereocenters. The van der Waals surface area contributed by atoms with Crippen molar-refractivity contribution in [1.29, 1.82) is 5.26 Å². The van der Waals surface area contributed by atoms with Gasteiger partial charge in [-0.05, 0) is 74.4 Å². The fraction of sp³-hybridized carbons (Fsp3) is 0.690. The van der Waals surface area contributed by atoms with Crippen molar-refractivity contribution in [3.05, 3.63) is 24.2 Å². The number of carbonyl (C=O) groups is 2. The van der Waals surface area contributed by atoms with Crippen LogP contribution in [0.5, 0.6) is 0 Å². The number of hydrogen-bond donors (Lipinski definition) is 5. The third kappa shape index (κ3) is 7.86. The molecule has 0 bridgehead atoms. The first-order valence-electron chi connectivity index (χ1n) is 14.8. The number of rotatable bonds is 12. The third-order valence-corrected chi connectivity index (χ3v) is 9.40. The maximum absolute atomic E-state index is 14.2. The zero-order valence-electron chi connectivity index (χ0n) is 27.7. The number of nitrogens with zero attached hydrogens (tertiary/aromatic N) is 4. The molecule has 46 heavy (non-hydrogen) atoms. The molecule has 16 nitrogen and oxygen atoms in total. The topological polar surface area (TPSA) is 233 Å². The molecule has 0 radical (unpaired) electrons. The predicted molar refractivity (Wildman–Crippen MR) is 166 cm³/mol. The normalized spacial score (nSPS) is 25.2. The summed E-state index contributed by atoms with van der Waals surface area (Å²) in [6.07, 6.45) is -1.88. The summed E-state index contributed by atoms with van der Waals surface area (Å²) in [5.41, 5.74) is 0.503. The summed E-state index contributed by atoms with van der Waals surface area (Å²) in [6, 6.07) is 3.61. The summed E-state index contributed by atoms with van der Waals surface area (Å²) in [4.78, 5) is 28.5. The van der Waals surface area contributed by atoms with Gasteiger partial charge < -0.3 is 34.7 Å². The molecular weight excluding hydrogens is 621 g/mol. The molecule has 0 aromatic carbocycles. The second kappa shape index (κ2) is 13.5. The second-order valence-electron chi connectivity index (χ2n) is 13.8. The molecule has 2 aromatic rings. The number of nitrogen functional groups attached to an aromatic ring is 1. The summed E-state index contributed by atoms with van der Waals surface area (Å²) in [6.45, 7) is 13.8. The molecule has 6 N–H and O–H groups in total. The van der Waals surface area contributed by atoms with Gasteiger partial charge in [-0.3, -0.25) is 14.2 Å². The number of anilines is 1. The number of aliphatic hydroxyl groups is 2. The Bertz CT molecular complexity index is 1470. The first-order valence-corrected chi connectivity index (χ1v) is 16.4. The Balaban J connectivity index is 1.84. The molecule has 1 fully saturated rings. The van der Waals surface area contributed by atoms with Crippen LogP contribution in [0.1, 0.15) is 68.0 Å². The number of hydrogen-bond acceptors (Lipinski definition) is 13. The first kappa shape index (κ1) is 37.3. The van der Waals surface area contributed by atoms with E-state index < -0.39 is 72.5 Å². The van der Waals surface area contributed by atoms with Crippen LogP contribution >= 0.6 is 7.67 Å². The van der Waals surface area contributed by atoms with Crippen LogP contribution in [0.2, 0.25) is 0 Å². The van der Waals surface area contributed by atoms with E-state index in [2.05, 4.69) is 20.3 Å². The summed E-state index contributed by atoms with van der Waals surface area (Å²) in [7, 11) is -4.09. The molecule has 1 aliphatic rings. The van der Waals surface area contributed by atoms with Gasteiger partial charge in [0.05, 0.1) is 23.1 Å². The van der Waals surface area contributed by atoms with Gasteiger partial charge in [0, 0.05) is 12.1 Å². The lowest BCUT2D eigenvalue weighted by molar-refractivity contribution is -0.154. The van der Waals surface area contributed by atoms with Crippen molar-refractivity contribution < 1.29 is 43.1 Å². The van der Waals surface area contributed by atoms with Gasteiger partial charge in [0.25, 0.3) is 0 Å². The number of aliphatic hydroxyl groups excluding tert-OH is 1. The molecule has 256 valence electrons. The van der Waals surface area contributed by atoms with E-state index >= 15 is 0 Å². The van der Waals surface area contributed by atoms with Crippen molar-refractivity contribution in [2.45, 2.75) is 97.8 Å². The van der Waals surface area contributed by atoms with Gasteiger partial charge in [-0.2, -0.15) is 10.4 Å². The van der Waals surface area contributed by atoms with Crippen molar-refractivity contribution in [2.24, 2.45) is 10.8 Å². The minimum atomic E-state index is -4.09. The summed E-state index contributed by atoms with van der Waals surface area (Å²) in [5, 5.41) is 42.8. The number of nitrogens with two attached hydrogens (primary N) is 1. The second-order valence-corrected chi connectivity index (χ2v) is 15.7. The highest BCUT2D eigenvalue weighted by atomic mass is 31.2. The molecule has 6 atom stereocenters. The number of esters is 2. The molecule has 0 spiro atoms. The Morgan fingerprint density at radius 1 is 1.13 bits per heavy atom. The molecular formula is C29H46N7O9P. The molecule has 1 aliphatic heterocycles. The van der Waals surface area contributed by atoms with Crippen LogP contribution in [0, 0.1) is 22.2 Å². The fourth-order valence-electron chi connectivity index (χ4n) is 4.62. The minimum absolute atomic E-state index is 0.0775. The van der Waals surface area contributed by atoms with E-state index in [1.807, 2.05) is 6.07 Å². The Morgan fingerprint density at radius 2 is 1.65 bits per heavy atom. The van der Waals surface area contributed by atoms with Crippen molar-refractivity contribution in [3.63, 3.8) is 0 Å². The van der Waals surface area contributed by atoms with E-state index in [4.69, 9.17) is 24.5 Å². The maximum Gasteiger partial charge on any atom is 0.341 e. The molecule has 1 saturated heterocycles. The molecule has 2 aromatic heterocycles. The molecule has 17 heteroatoms. The van der Waals surface area contributed by atoms with Gasteiger partial charge in [-0.1, -0.05) is 0 Å². The summed E-state index contributed by atoms with van der Waals surface area (Å²) < 4.78 is 38.0. The van der Waals surface area contributed by atoms with Crippen molar-refractivity contribution in [2.75, 3.05) is 25.6 Å². The Morgan fingerprint density at radius 3 is 2.13 bits per heavy atom. The smallest absolute Gasteiger partial charge is 0.341 e. The largest absolute Gasteiger partial charge is 0.464 e. The van der Waals surface area contributed by atoms with E-state index in [1.165, 1.54) is 23.8 Å². The number of aromatic nitrogens is 3. The summed E-state index contributed by atoms with van der Waals surface area (Å²) in [5.74, 6) is -0.806. The van der Waals surface area contributed by atoms with Crippen LogP contribution in [0.3, 0.4) is 0 Å². The van der Waals surface area contributed by atoms with E-state index in [0.29, 0.717) is 5.52 Å². The average Bonchev–Trinajstić information content (AvgIpc) is 3.46. The van der Waals surface area contributed by atoms with Gasteiger partial charge in [0.1, 0.15) is 48.9 Å². The zero-order valence-corrected chi connectivity index (χ0v) is 28.6. The minimum Gasteiger partial charge on any atom is -0.464 e. The number of nitriles is 1. The van der Waals surface area contributed by atoms with Gasteiger partial charge in [0.15, 0.2) is 5.82 Å². The SMILES string of the molecule is C[C@@H](COC(=O)C(C)(C)C)NP(=O)(N[C@@H](C)COC(=O)C(C)(C)C)OC[C@H]1O[C@@](C#N)(c2ccc3c(N)ncnn23)[C@](C)(O)[C@@H]1O. The fourth-order valence-corrected chi connectivity index (χ4v) is 6.51. The maximum atomic E-state index is 14.2. The van der Waals surface area contributed by atoms with E-state index in [1.54, 1.807) is 61.5 Å². The van der Waals surface area contributed by atoms with Crippen LogP contribution in [-0.2, 0) is 38.5 Å². The van der Waals surface area contributed by atoms with E-state index in [0.717, 1.165) is 0 Å². The standard InChI is InChI=1S/C29H46N7O9P/c1-17(12-42-24(38)26(3,4)5)34-46(41,35-18(2)13-43-25(39)27(6,7)8)44-14-20-22(37)28(9,40)29(15-30,45-20)21-11-10-19-23(31)32-16-33-36(19)21/h10-11,16-18,20,22,37,40H,12-14H2,1-9H3,(H2,31,32,33)(H2,34,35,41)/t17-,18-,20+,22+,28+,29-/m0/s1. The molecule has 0 amide bonds. The monoisotopic (exact) mass is 667 g/mol. The van der Waals surface area contributed by atoms with Gasteiger partial charge in [-0.25, -0.2) is 19.7 Å². The highest BCUT2D eigenvalue weighted by Gasteiger charge is 2.65. The third-order valence-electron chi connectivity index (χ3n) is 7.32. The summed E-state index contributed by atoms with van der Waals surface area (Å²) >= 11 is 0. The quantitative estimate of drug-likeness (QED) is 0.160. The zero-order chi connectivity index (χ0) is 34.9. The number of fused-ring (bicyclic) bond motifs is 1. The highest BCUT2D eigenvalue weighted by Crippen LogP contribution is 2.49. The van der Waals surface area contributed by atoms with Crippen LogP contribution < -0.4 is 15.9 Å². The Labute approximate surface area is 268 Å².